The number of rotatable bonds is 6. The zero-order chi connectivity index (χ0) is 32.1. The number of pyridine rings is 1. The first kappa shape index (κ1) is 28.8. The number of halogens is 3. The van der Waals surface area contributed by atoms with Gasteiger partial charge in [-0.05, 0) is 92.0 Å². The van der Waals surface area contributed by atoms with Gasteiger partial charge in [0.15, 0.2) is 0 Å². The van der Waals surface area contributed by atoms with Crippen molar-refractivity contribution in [2.24, 2.45) is 23.3 Å². The van der Waals surface area contributed by atoms with Gasteiger partial charge in [-0.1, -0.05) is 18.2 Å². The van der Waals surface area contributed by atoms with Gasteiger partial charge in [0.1, 0.15) is 5.69 Å². The highest BCUT2D eigenvalue weighted by Gasteiger charge is 2.47. The van der Waals surface area contributed by atoms with Gasteiger partial charge in [0.2, 0.25) is 5.91 Å². The molecule has 3 aromatic heterocycles. The Balaban J connectivity index is 1.21. The maximum atomic E-state index is 14.1. The zero-order valence-corrected chi connectivity index (χ0v) is 25.2. The lowest BCUT2D eigenvalue weighted by molar-refractivity contribution is -0.137. The van der Waals surface area contributed by atoms with E-state index in [-0.39, 0.29) is 29.1 Å². The standard InChI is InChI=1S/C35H33F3N6O2/c1-18-27-10-8-24(34(46)43-16-23-7-11-28(43)31(23)39)17-44(27)41-32(18)30-14-21-5-4-20(13-29(21)42(30)15-19-2-3-19)25-9-6-22(33(40)45)12-26(25)35(36,37)38/h4-6,8-10,12-14,17,19,23,28,31H,2-3,7,11,15-16,39H2,1H3,(H2,40,45)/t23?,28?,31-/m1/s1. The summed E-state index contributed by atoms with van der Waals surface area (Å²) in [4.78, 5) is 27.1. The molecule has 2 aromatic carbocycles. The maximum absolute atomic E-state index is 14.1. The molecule has 8 nitrogen and oxygen atoms in total. The Morgan fingerprint density at radius 3 is 2.41 bits per heavy atom. The number of amides is 2. The highest BCUT2D eigenvalue weighted by Crippen LogP contribution is 2.42. The molecule has 4 N–H and O–H groups in total. The summed E-state index contributed by atoms with van der Waals surface area (Å²) in [6, 6.07) is 14.7. The minimum absolute atomic E-state index is 0.0200. The van der Waals surface area contributed by atoms with Crippen molar-refractivity contribution in [2.75, 3.05) is 6.54 Å². The number of benzene rings is 2. The lowest BCUT2D eigenvalue weighted by Crippen LogP contribution is -2.41. The van der Waals surface area contributed by atoms with Gasteiger partial charge in [0.25, 0.3) is 5.91 Å². The van der Waals surface area contributed by atoms with Crippen molar-refractivity contribution in [2.45, 2.75) is 57.4 Å². The fourth-order valence-electron chi connectivity index (χ4n) is 7.55. The van der Waals surface area contributed by atoms with Crippen LogP contribution in [0.1, 0.15) is 57.5 Å². The third-order valence-electron chi connectivity index (χ3n) is 10.2. The van der Waals surface area contributed by atoms with Crippen molar-refractivity contribution >= 4 is 28.2 Å². The molecule has 0 spiro atoms. The number of nitrogens with zero attached hydrogens (tertiary/aromatic N) is 4. The average molecular weight is 627 g/mol. The Morgan fingerprint density at radius 1 is 0.957 bits per heavy atom. The summed E-state index contributed by atoms with van der Waals surface area (Å²) < 4.78 is 46.4. The van der Waals surface area contributed by atoms with Gasteiger partial charge >= 0.3 is 6.18 Å². The van der Waals surface area contributed by atoms with Crippen molar-refractivity contribution in [1.82, 2.24) is 19.1 Å². The van der Waals surface area contributed by atoms with Crippen molar-refractivity contribution in [3.8, 4) is 22.5 Å². The number of piperidine rings is 1. The normalized spacial score (nSPS) is 21.2. The van der Waals surface area contributed by atoms with Crippen LogP contribution < -0.4 is 11.5 Å². The van der Waals surface area contributed by atoms with E-state index >= 15 is 0 Å². The Labute approximate surface area is 262 Å². The quantitative estimate of drug-likeness (QED) is 0.240. The number of likely N-dealkylation sites (tertiary alicyclic amines) is 1. The fraction of sp³-hybridized carbons (Fsp3) is 0.343. The van der Waals surface area contributed by atoms with Crippen LogP contribution in [0.2, 0.25) is 0 Å². The monoisotopic (exact) mass is 626 g/mol. The molecule has 46 heavy (non-hydrogen) atoms. The first-order valence-corrected chi connectivity index (χ1v) is 15.7. The van der Waals surface area contributed by atoms with E-state index in [9.17, 15) is 22.8 Å². The first-order chi connectivity index (χ1) is 22.0. The van der Waals surface area contributed by atoms with Crippen molar-refractivity contribution in [3.05, 3.63) is 83.0 Å². The Bertz CT molecular complexity index is 2070. The van der Waals surface area contributed by atoms with Gasteiger partial charge in [-0.25, -0.2) is 4.52 Å². The van der Waals surface area contributed by atoms with Crippen molar-refractivity contribution in [3.63, 3.8) is 0 Å². The highest BCUT2D eigenvalue weighted by atomic mass is 19.4. The number of alkyl halides is 3. The molecular formula is C35H33F3N6O2. The molecule has 5 aromatic rings. The average Bonchev–Trinajstić information content (AvgIpc) is 3.44. The van der Waals surface area contributed by atoms with Crippen LogP contribution in [0.25, 0.3) is 38.9 Å². The minimum Gasteiger partial charge on any atom is -0.366 e. The molecule has 2 saturated carbocycles. The number of nitrogens with two attached hydrogens (primary N) is 2. The Morgan fingerprint density at radius 2 is 1.74 bits per heavy atom. The molecule has 4 heterocycles. The van der Waals surface area contributed by atoms with E-state index in [1.165, 1.54) is 12.1 Å². The van der Waals surface area contributed by atoms with E-state index < -0.39 is 17.6 Å². The number of hydrogen-bond acceptors (Lipinski definition) is 4. The van der Waals surface area contributed by atoms with Crippen molar-refractivity contribution < 1.29 is 22.8 Å². The smallest absolute Gasteiger partial charge is 0.366 e. The second-order valence-corrected chi connectivity index (χ2v) is 13.1. The molecule has 0 radical (unpaired) electrons. The van der Waals surface area contributed by atoms with Crippen LogP contribution in [0, 0.1) is 18.8 Å². The molecule has 2 amide bonds. The van der Waals surface area contributed by atoms with Crippen LogP contribution in [-0.4, -0.2) is 49.5 Å². The van der Waals surface area contributed by atoms with E-state index in [4.69, 9.17) is 16.6 Å². The van der Waals surface area contributed by atoms with Gasteiger partial charge in [-0.15, -0.1) is 0 Å². The summed E-state index contributed by atoms with van der Waals surface area (Å²) in [5.74, 6) is -0.110. The molecule has 8 rings (SSSR count). The number of aromatic nitrogens is 3. The van der Waals surface area contributed by atoms with Crippen LogP contribution in [0.3, 0.4) is 0 Å². The Kier molecular flexibility index (Phi) is 6.38. The second kappa shape index (κ2) is 10.2. The SMILES string of the molecule is Cc1c(-c2cc3ccc(-c4ccc(C(N)=O)cc4C(F)(F)F)cc3n2CC2CC2)nn2cc(C(=O)N3CC4CCC3[C@@H]4N)ccc12. The topological polar surface area (TPSA) is 112 Å². The number of hydrogen-bond donors (Lipinski definition) is 2. The number of primary amides is 1. The van der Waals surface area contributed by atoms with E-state index in [2.05, 4.69) is 4.57 Å². The highest BCUT2D eigenvalue weighted by molar-refractivity contribution is 5.96. The van der Waals surface area contributed by atoms with Crippen LogP contribution in [0.4, 0.5) is 13.2 Å². The summed E-state index contributed by atoms with van der Waals surface area (Å²) in [6.45, 7) is 3.40. The molecule has 3 atom stereocenters. The molecule has 3 aliphatic rings. The van der Waals surface area contributed by atoms with E-state index in [0.29, 0.717) is 36.1 Å². The molecule has 2 bridgehead atoms. The van der Waals surface area contributed by atoms with Gasteiger partial charge in [-0.2, -0.15) is 18.3 Å². The molecule has 2 aliphatic carbocycles. The fourth-order valence-corrected chi connectivity index (χ4v) is 7.55. The van der Waals surface area contributed by atoms with E-state index in [1.54, 1.807) is 22.8 Å². The molecule has 3 fully saturated rings. The molecular weight excluding hydrogens is 593 g/mol. The number of aryl methyl sites for hydroxylation is 1. The minimum atomic E-state index is -4.68. The predicted octanol–water partition coefficient (Wildman–Crippen LogP) is 6.02. The van der Waals surface area contributed by atoms with Gasteiger partial charge in [0, 0.05) is 53.4 Å². The summed E-state index contributed by atoms with van der Waals surface area (Å²) in [5.41, 5.74) is 15.7. The zero-order valence-electron chi connectivity index (χ0n) is 25.2. The molecule has 1 aliphatic heterocycles. The van der Waals surface area contributed by atoms with Crippen molar-refractivity contribution in [1.29, 1.82) is 0 Å². The van der Waals surface area contributed by atoms with Gasteiger partial charge in [0.05, 0.1) is 22.3 Å². The molecule has 236 valence electrons. The first-order valence-electron chi connectivity index (χ1n) is 15.7. The van der Waals surface area contributed by atoms with Crippen LogP contribution in [-0.2, 0) is 12.7 Å². The molecule has 1 saturated heterocycles. The Hall–Kier alpha value is -4.64. The molecule has 2 unspecified atom stereocenters. The molecule has 11 heteroatoms. The predicted molar refractivity (Wildman–Crippen MR) is 168 cm³/mol. The van der Waals surface area contributed by atoms with E-state index in [1.807, 2.05) is 36.1 Å². The summed E-state index contributed by atoms with van der Waals surface area (Å²) in [5, 5.41) is 5.84. The number of carbonyl (C=O) groups is 2. The van der Waals surface area contributed by atoms with Crippen LogP contribution in [0.5, 0.6) is 0 Å². The number of carbonyl (C=O) groups excluding carboxylic acids is 2. The third-order valence-corrected chi connectivity index (χ3v) is 10.2. The number of fused-ring (bicyclic) bond motifs is 4. The summed E-state index contributed by atoms with van der Waals surface area (Å²) >= 11 is 0. The largest absolute Gasteiger partial charge is 0.417 e. The van der Waals surface area contributed by atoms with Gasteiger partial charge in [-0.3, -0.25) is 9.59 Å². The third kappa shape index (κ3) is 4.59. The summed E-state index contributed by atoms with van der Waals surface area (Å²) in [7, 11) is 0. The lowest BCUT2D eigenvalue weighted by atomic mass is 9.96. The van der Waals surface area contributed by atoms with Gasteiger partial charge < -0.3 is 20.9 Å². The maximum Gasteiger partial charge on any atom is 0.417 e. The van der Waals surface area contributed by atoms with Crippen LogP contribution in [0.15, 0.2) is 60.8 Å². The van der Waals surface area contributed by atoms with Crippen LogP contribution >= 0.6 is 0 Å². The second-order valence-electron chi connectivity index (χ2n) is 13.1. The van der Waals surface area contributed by atoms with E-state index in [0.717, 1.165) is 65.1 Å². The summed E-state index contributed by atoms with van der Waals surface area (Å²) in [6.07, 6.45) is 1.29. The lowest BCUT2D eigenvalue weighted by Gasteiger charge is -2.27.